The van der Waals surface area contributed by atoms with Gasteiger partial charge in [-0.3, -0.25) is 0 Å². The monoisotopic (exact) mass is 315 g/mol. The lowest BCUT2D eigenvalue weighted by atomic mass is 9.93. The zero-order valence-corrected chi connectivity index (χ0v) is 14.9. The van der Waals surface area contributed by atoms with E-state index in [0.717, 1.165) is 10.2 Å². The molecule has 1 rings (SSSR count). The standard InChI is InChI=1S/C12H18BrN.2C2H6/c1-7(2)10-5-9(13)6-11(8(3)4)12(10)14;2*1-2/h5-8H,14H2,1-4H3;2*1-2H3. The second-order valence-electron chi connectivity index (χ2n) is 4.31. The Bertz CT molecular complexity index is 301. The molecule has 0 atom stereocenters. The molecule has 106 valence electrons. The van der Waals surface area contributed by atoms with Gasteiger partial charge in [0.15, 0.2) is 0 Å². The van der Waals surface area contributed by atoms with Gasteiger partial charge in [0, 0.05) is 10.2 Å². The maximum Gasteiger partial charge on any atom is 0.0385 e. The Morgan fingerprint density at radius 1 is 0.833 bits per heavy atom. The molecule has 18 heavy (non-hydrogen) atoms. The van der Waals surface area contributed by atoms with Crippen LogP contribution in [0.5, 0.6) is 0 Å². The highest BCUT2D eigenvalue weighted by Crippen LogP contribution is 2.33. The molecule has 0 aliphatic heterocycles. The smallest absolute Gasteiger partial charge is 0.0385 e. The van der Waals surface area contributed by atoms with Crippen LogP contribution in [0.25, 0.3) is 0 Å². The van der Waals surface area contributed by atoms with Gasteiger partial charge in [0.1, 0.15) is 0 Å². The van der Waals surface area contributed by atoms with Gasteiger partial charge in [0.25, 0.3) is 0 Å². The van der Waals surface area contributed by atoms with Gasteiger partial charge in [-0.25, -0.2) is 0 Å². The molecule has 0 saturated heterocycles. The van der Waals surface area contributed by atoms with Crippen molar-refractivity contribution in [3.8, 4) is 0 Å². The third-order valence-corrected chi connectivity index (χ3v) is 2.91. The Balaban J connectivity index is 0. The Morgan fingerprint density at radius 3 is 1.33 bits per heavy atom. The molecule has 1 aromatic carbocycles. The van der Waals surface area contributed by atoms with Crippen molar-refractivity contribution < 1.29 is 0 Å². The Labute approximate surface area is 122 Å². The SMILES string of the molecule is CC.CC.CC(C)c1cc(Br)cc(C(C)C)c1N. The molecule has 1 nitrogen and oxygen atoms in total. The number of nitrogen functional groups attached to an aromatic ring is 1. The quantitative estimate of drug-likeness (QED) is 0.634. The molecule has 0 aromatic heterocycles. The molecular weight excluding hydrogens is 286 g/mol. The third kappa shape index (κ3) is 5.90. The molecule has 0 heterocycles. The van der Waals surface area contributed by atoms with E-state index in [1.165, 1.54) is 11.1 Å². The predicted octanol–water partition coefficient (Wildman–Crippen LogP) is 6.33. The Kier molecular flexibility index (Phi) is 11.5. The summed E-state index contributed by atoms with van der Waals surface area (Å²) in [6, 6.07) is 4.23. The van der Waals surface area contributed by atoms with Crippen LogP contribution < -0.4 is 5.73 Å². The average molecular weight is 316 g/mol. The summed E-state index contributed by atoms with van der Waals surface area (Å²) in [5.41, 5.74) is 9.57. The lowest BCUT2D eigenvalue weighted by Gasteiger charge is -2.16. The molecule has 0 saturated carbocycles. The number of hydrogen-bond donors (Lipinski definition) is 1. The van der Waals surface area contributed by atoms with E-state index >= 15 is 0 Å². The van der Waals surface area contributed by atoms with Gasteiger partial charge in [-0.1, -0.05) is 71.3 Å². The minimum absolute atomic E-state index is 0.477. The first-order chi connectivity index (χ1) is 8.43. The third-order valence-electron chi connectivity index (χ3n) is 2.45. The predicted molar refractivity (Wildman–Crippen MR) is 89.4 cm³/mol. The fourth-order valence-electron chi connectivity index (χ4n) is 1.62. The Hall–Kier alpha value is -0.500. The number of benzene rings is 1. The van der Waals surface area contributed by atoms with Crippen LogP contribution in [0.1, 0.15) is 78.4 Å². The van der Waals surface area contributed by atoms with E-state index < -0.39 is 0 Å². The van der Waals surface area contributed by atoms with E-state index in [1.807, 2.05) is 27.7 Å². The fourth-order valence-corrected chi connectivity index (χ4v) is 2.11. The molecule has 0 aliphatic rings. The summed E-state index contributed by atoms with van der Waals surface area (Å²) in [6.45, 7) is 16.7. The van der Waals surface area contributed by atoms with Gasteiger partial charge >= 0.3 is 0 Å². The largest absolute Gasteiger partial charge is 0.398 e. The van der Waals surface area contributed by atoms with E-state index in [0.29, 0.717) is 11.8 Å². The zero-order valence-electron chi connectivity index (χ0n) is 13.3. The topological polar surface area (TPSA) is 26.0 Å². The molecular formula is C16H30BrN. The van der Waals surface area contributed by atoms with Gasteiger partial charge in [0.05, 0.1) is 0 Å². The van der Waals surface area contributed by atoms with E-state index in [4.69, 9.17) is 5.73 Å². The molecule has 2 N–H and O–H groups in total. The molecule has 0 unspecified atom stereocenters. The van der Waals surface area contributed by atoms with Gasteiger partial charge in [-0.2, -0.15) is 0 Å². The normalized spacial score (nSPS) is 9.50. The molecule has 0 aliphatic carbocycles. The van der Waals surface area contributed by atoms with Crippen molar-refractivity contribution >= 4 is 21.6 Å². The highest BCUT2D eigenvalue weighted by atomic mass is 79.9. The van der Waals surface area contributed by atoms with Crippen molar-refractivity contribution in [2.45, 2.75) is 67.2 Å². The first-order valence-corrected chi connectivity index (χ1v) is 7.81. The molecule has 0 radical (unpaired) electrons. The van der Waals surface area contributed by atoms with Crippen molar-refractivity contribution in [1.29, 1.82) is 0 Å². The summed E-state index contributed by atoms with van der Waals surface area (Å²) < 4.78 is 1.12. The highest BCUT2D eigenvalue weighted by Gasteiger charge is 2.12. The maximum absolute atomic E-state index is 6.13. The lowest BCUT2D eigenvalue weighted by Crippen LogP contribution is -2.03. The van der Waals surface area contributed by atoms with E-state index in [-0.39, 0.29) is 0 Å². The number of halogens is 1. The fraction of sp³-hybridized carbons (Fsp3) is 0.625. The average Bonchev–Trinajstić information content (AvgIpc) is 2.36. The second-order valence-corrected chi connectivity index (χ2v) is 5.22. The van der Waals surface area contributed by atoms with Crippen LogP contribution in [0.3, 0.4) is 0 Å². The van der Waals surface area contributed by atoms with E-state index in [2.05, 4.69) is 55.8 Å². The molecule has 0 spiro atoms. The summed E-state index contributed by atoms with van der Waals surface area (Å²) in [6.07, 6.45) is 0. The lowest BCUT2D eigenvalue weighted by molar-refractivity contribution is 0.838. The molecule has 2 heteroatoms. The van der Waals surface area contributed by atoms with Crippen LogP contribution in [0, 0.1) is 0 Å². The van der Waals surface area contributed by atoms with Gasteiger partial charge in [0.2, 0.25) is 0 Å². The maximum atomic E-state index is 6.13. The number of hydrogen-bond acceptors (Lipinski definition) is 1. The highest BCUT2D eigenvalue weighted by molar-refractivity contribution is 9.10. The van der Waals surface area contributed by atoms with Crippen LogP contribution in [-0.4, -0.2) is 0 Å². The van der Waals surface area contributed by atoms with Crippen LogP contribution in [0.2, 0.25) is 0 Å². The summed E-state index contributed by atoms with van der Waals surface area (Å²) >= 11 is 3.53. The van der Waals surface area contributed by atoms with Crippen molar-refractivity contribution in [3.63, 3.8) is 0 Å². The van der Waals surface area contributed by atoms with Gasteiger partial charge < -0.3 is 5.73 Å². The summed E-state index contributed by atoms with van der Waals surface area (Å²) in [4.78, 5) is 0. The minimum atomic E-state index is 0.477. The number of rotatable bonds is 2. The van der Waals surface area contributed by atoms with Crippen molar-refractivity contribution in [2.24, 2.45) is 0 Å². The minimum Gasteiger partial charge on any atom is -0.398 e. The van der Waals surface area contributed by atoms with Gasteiger partial charge in [-0.15, -0.1) is 0 Å². The Morgan fingerprint density at radius 2 is 1.11 bits per heavy atom. The molecule has 0 amide bonds. The van der Waals surface area contributed by atoms with E-state index in [1.54, 1.807) is 0 Å². The molecule has 1 aromatic rings. The molecule has 0 fully saturated rings. The first kappa shape index (κ1) is 19.8. The summed E-state index contributed by atoms with van der Waals surface area (Å²) in [5.74, 6) is 0.954. The number of anilines is 1. The summed E-state index contributed by atoms with van der Waals surface area (Å²) in [7, 11) is 0. The van der Waals surface area contributed by atoms with Crippen LogP contribution in [-0.2, 0) is 0 Å². The van der Waals surface area contributed by atoms with Crippen molar-refractivity contribution in [3.05, 3.63) is 27.7 Å². The van der Waals surface area contributed by atoms with Crippen LogP contribution in [0.15, 0.2) is 16.6 Å². The first-order valence-electron chi connectivity index (χ1n) is 7.02. The van der Waals surface area contributed by atoms with Crippen molar-refractivity contribution in [1.82, 2.24) is 0 Å². The number of nitrogens with two attached hydrogens (primary N) is 1. The summed E-state index contributed by atoms with van der Waals surface area (Å²) in [5, 5.41) is 0. The zero-order chi connectivity index (χ0) is 14.9. The van der Waals surface area contributed by atoms with E-state index in [9.17, 15) is 0 Å². The molecule has 0 bridgehead atoms. The van der Waals surface area contributed by atoms with Crippen LogP contribution in [0.4, 0.5) is 5.69 Å². The second kappa shape index (κ2) is 10.4. The van der Waals surface area contributed by atoms with Crippen molar-refractivity contribution in [2.75, 3.05) is 5.73 Å². The van der Waals surface area contributed by atoms with Crippen LogP contribution >= 0.6 is 15.9 Å². The van der Waals surface area contributed by atoms with Gasteiger partial charge in [-0.05, 0) is 35.1 Å².